The topological polar surface area (TPSA) is 65.1 Å². The first-order valence-electron chi connectivity index (χ1n) is 7.80. The monoisotopic (exact) mass is 298 g/mol. The summed E-state index contributed by atoms with van der Waals surface area (Å²) >= 11 is 0. The van der Waals surface area contributed by atoms with Crippen LogP contribution in [0.15, 0.2) is 0 Å². The predicted molar refractivity (Wildman–Crippen MR) is 79.1 cm³/mol. The normalized spacial score (nSPS) is 24.0. The van der Waals surface area contributed by atoms with E-state index in [1.165, 1.54) is 0 Å². The second-order valence-electron chi connectivity index (χ2n) is 5.38. The van der Waals surface area contributed by atoms with Crippen LogP contribution in [-0.2, 0) is 9.53 Å². The van der Waals surface area contributed by atoms with E-state index >= 15 is 0 Å². The summed E-state index contributed by atoms with van der Waals surface area (Å²) < 4.78 is 5.30. The highest BCUT2D eigenvalue weighted by Gasteiger charge is 2.37. The van der Waals surface area contributed by atoms with Gasteiger partial charge in [-0.15, -0.1) is 0 Å². The smallest absolute Gasteiger partial charge is 0.318 e. The SMILES string of the molecule is CCNC(=O)N1CCN(CC)CC1C(=O)N1CCOCC1. The van der Waals surface area contributed by atoms with Crippen LogP contribution in [0.2, 0.25) is 0 Å². The summed E-state index contributed by atoms with van der Waals surface area (Å²) in [7, 11) is 0. The molecule has 0 bridgehead atoms. The van der Waals surface area contributed by atoms with Gasteiger partial charge in [-0.2, -0.15) is 0 Å². The van der Waals surface area contributed by atoms with Crippen LogP contribution in [0.25, 0.3) is 0 Å². The number of nitrogens with zero attached hydrogens (tertiary/aromatic N) is 3. The molecule has 2 rings (SSSR count). The second-order valence-corrected chi connectivity index (χ2v) is 5.38. The first-order valence-corrected chi connectivity index (χ1v) is 7.80. The van der Waals surface area contributed by atoms with Crippen molar-refractivity contribution in [2.45, 2.75) is 19.9 Å². The minimum atomic E-state index is -0.386. The highest BCUT2D eigenvalue weighted by atomic mass is 16.5. The lowest BCUT2D eigenvalue weighted by atomic mass is 10.1. The molecule has 0 aliphatic carbocycles. The maximum Gasteiger partial charge on any atom is 0.318 e. The van der Waals surface area contributed by atoms with Gasteiger partial charge in [-0.25, -0.2) is 4.79 Å². The fraction of sp³-hybridized carbons (Fsp3) is 0.857. The zero-order valence-electron chi connectivity index (χ0n) is 13.0. The molecule has 7 nitrogen and oxygen atoms in total. The number of ether oxygens (including phenoxy) is 1. The second kappa shape index (κ2) is 7.61. The Balaban J connectivity index is 2.08. The van der Waals surface area contributed by atoms with Crippen molar-refractivity contribution >= 4 is 11.9 Å². The Morgan fingerprint density at radius 3 is 2.48 bits per heavy atom. The van der Waals surface area contributed by atoms with Crippen molar-refractivity contribution in [3.8, 4) is 0 Å². The summed E-state index contributed by atoms with van der Waals surface area (Å²) in [5.74, 6) is 0.0442. The molecule has 1 unspecified atom stereocenters. The molecule has 0 saturated carbocycles. The number of nitrogens with one attached hydrogen (secondary N) is 1. The lowest BCUT2D eigenvalue weighted by Gasteiger charge is -2.42. The van der Waals surface area contributed by atoms with E-state index in [-0.39, 0.29) is 18.0 Å². The number of amides is 3. The van der Waals surface area contributed by atoms with Crippen LogP contribution in [0.4, 0.5) is 4.79 Å². The molecule has 120 valence electrons. The van der Waals surface area contributed by atoms with Gasteiger partial charge < -0.3 is 19.9 Å². The molecule has 7 heteroatoms. The van der Waals surface area contributed by atoms with Gasteiger partial charge in [-0.05, 0) is 13.5 Å². The Hall–Kier alpha value is -1.34. The van der Waals surface area contributed by atoms with Gasteiger partial charge in [-0.1, -0.05) is 6.92 Å². The highest BCUT2D eigenvalue weighted by Crippen LogP contribution is 2.14. The lowest BCUT2D eigenvalue weighted by molar-refractivity contribution is -0.142. The summed E-state index contributed by atoms with van der Waals surface area (Å²) in [6, 6.07) is -0.525. The van der Waals surface area contributed by atoms with Crippen molar-refractivity contribution < 1.29 is 14.3 Å². The van der Waals surface area contributed by atoms with Crippen molar-refractivity contribution in [3.05, 3.63) is 0 Å². The first-order chi connectivity index (χ1) is 10.2. The minimum Gasteiger partial charge on any atom is -0.378 e. The summed E-state index contributed by atoms with van der Waals surface area (Å²) in [4.78, 5) is 30.7. The number of hydrogen-bond donors (Lipinski definition) is 1. The molecule has 0 aromatic carbocycles. The number of rotatable bonds is 3. The third kappa shape index (κ3) is 3.85. The lowest BCUT2D eigenvalue weighted by Crippen LogP contribution is -2.63. The van der Waals surface area contributed by atoms with Crippen molar-refractivity contribution in [3.63, 3.8) is 0 Å². The molecular formula is C14H26N4O3. The Labute approximate surface area is 126 Å². The van der Waals surface area contributed by atoms with Gasteiger partial charge >= 0.3 is 6.03 Å². The maximum absolute atomic E-state index is 12.8. The Bertz CT molecular complexity index is 371. The van der Waals surface area contributed by atoms with Crippen LogP contribution in [0.1, 0.15) is 13.8 Å². The predicted octanol–water partition coefficient (Wildman–Crippen LogP) is -0.419. The fourth-order valence-electron chi connectivity index (χ4n) is 2.83. The zero-order valence-corrected chi connectivity index (χ0v) is 13.0. The van der Waals surface area contributed by atoms with E-state index in [4.69, 9.17) is 4.74 Å². The van der Waals surface area contributed by atoms with Gasteiger partial charge in [0.25, 0.3) is 0 Å². The van der Waals surface area contributed by atoms with Gasteiger partial charge in [0, 0.05) is 39.3 Å². The average Bonchev–Trinajstić information content (AvgIpc) is 2.54. The Morgan fingerprint density at radius 1 is 1.14 bits per heavy atom. The van der Waals surface area contributed by atoms with Gasteiger partial charge in [0.15, 0.2) is 0 Å². The van der Waals surface area contributed by atoms with E-state index < -0.39 is 0 Å². The fourth-order valence-corrected chi connectivity index (χ4v) is 2.83. The maximum atomic E-state index is 12.8. The zero-order chi connectivity index (χ0) is 15.2. The Kier molecular flexibility index (Phi) is 5.81. The van der Waals surface area contributed by atoms with E-state index in [9.17, 15) is 9.59 Å². The van der Waals surface area contributed by atoms with Gasteiger partial charge in [0.2, 0.25) is 5.91 Å². The molecule has 2 saturated heterocycles. The van der Waals surface area contributed by atoms with E-state index in [0.29, 0.717) is 45.9 Å². The van der Waals surface area contributed by atoms with E-state index in [0.717, 1.165) is 13.1 Å². The molecule has 1 N–H and O–H groups in total. The number of piperazine rings is 1. The molecule has 3 amide bonds. The number of urea groups is 1. The van der Waals surface area contributed by atoms with Crippen LogP contribution in [0, 0.1) is 0 Å². The van der Waals surface area contributed by atoms with Crippen molar-refractivity contribution in [1.82, 2.24) is 20.0 Å². The molecule has 0 aromatic rings. The van der Waals surface area contributed by atoms with Gasteiger partial charge in [0.05, 0.1) is 13.2 Å². The Morgan fingerprint density at radius 2 is 1.86 bits per heavy atom. The molecule has 2 aliphatic heterocycles. The molecule has 0 spiro atoms. The van der Waals surface area contributed by atoms with Crippen molar-refractivity contribution in [2.75, 3.05) is 59.0 Å². The molecule has 0 radical (unpaired) electrons. The van der Waals surface area contributed by atoms with Crippen LogP contribution in [0.5, 0.6) is 0 Å². The number of carbonyl (C=O) groups excluding carboxylic acids is 2. The summed E-state index contributed by atoms with van der Waals surface area (Å²) in [5.41, 5.74) is 0. The van der Waals surface area contributed by atoms with Crippen LogP contribution >= 0.6 is 0 Å². The highest BCUT2D eigenvalue weighted by molar-refractivity contribution is 5.87. The molecule has 21 heavy (non-hydrogen) atoms. The van der Waals surface area contributed by atoms with Gasteiger partial charge in [0.1, 0.15) is 6.04 Å². The molecule has 2 heterocycles. The first kappa shape index (κ1) is 16.0. The number of carbonyl (C=O) groups is 2. The largest absolute Gasteiger partial charge is 0.378 e. The summed E-state index contributed by atoms with van der Waals surface area (Å²) in [6.45, 7) is 9.87. The molecule has 2 aliphatic rings. The summed E-state index contributed by atoms with van der Waals surface area (Å²) in [6.07, 6.45) is 0. The standard InChI is InChI=1S/C14H26N4O3/c1-3-15-14(20)18-6-5-16(4-2)11-12(18)13(19)17-7-9-21-10-8-17/h12H,3-11H2,1-2H3,(H,15,20). The van der Waals surface area contributed by atoms with E-state index in [1.54, 1.807) is 4.90 Å². The van der Waals surface area contributed by atoms with Crippen molar-refractivity contribution in [2.24, 2.45) is 0 Å². The third-order valence-corrected chi connectivity index (χ3v) is 4.11. The summed E-state index contributed by atoms with van der Waals surface area (Å²) in [5, 5.41) is 2.81. The quantitative estimate of drug-likeness (QED) is 0.769. The number of likely N-dealkylation sites (N-methyl/N-ethyl adjacent to an activating group) is 1. The van der Waals surface area contributed by atoms with Crippen molar-refractivity contribution in [1.29, 1.82) is 0 Å². The molecule has 1 atom stereocenters. The number of morpholine rings is 1. The van der Waals surface area contributed by atoms with Crippen LogP contribution < -0.4 is 5.32 Å². The average molecular weight is 298 g/mol. The molecular weight excluding hydrogens is 272 g/mol. The van der Waals surface area contributed by atoms with Crippen LogP contribution in [-0.4, -0.2) is 91.7 Å². The molecule has 0 aromatic heterocycles. The van der Waals surface area contributed by atoms with E-state index in [1.807, 2.05) is 11.8 Å². The third-order valence-electron chi connectivity index (χ3n) is 4.11. The number of hydrogen-bond acceptors (Lipinski definition) is 4. The minimum absolute atomic E-state index is 0.0442. The van der Waals surface area contributed by atoms with E-state index in [2.05, 4.69) is 17.1 Å². The van der Waals surface area contributed by atoms with Crippen LogP contribution in [0.3, 0.4) is 0 Å². The molecule has 2 fully saturated rings. The van der Waals surface area contributed by atoms with Gasteiger partial charge in [-0.3, -0.25) is 9.69 Å².